The second-order valence-corrected chi connectivity index (χ2v) is 7.07. The predicted molar refractivity (Wildman–Crippen MR) is 112 cm³/mol. The molecule has 0 radical (unpaired) electrons. The summed E-state index contributed by atoms with van der Waals surface area (Å²) in [6.07, 6.45) is 0. The molecule has 2 aromatic heterocycles. The number of benzene rings is 2. The van der Waals surface area contributed by atoms with Crippen LogP contribution in [0.25, 0.3) is 17.0 Å². The Labute approximate surface area is 167 Å². The Hall–Kier alpha value is -3.74. The lowest BCUT2D eigenvalue weighted by atomic mass is 10.1. The molecule has 7 heteroatoms. The van der Waals surface area contributed by atoms with E-state index in [1.807, 2.05) is 69.3 Å². The monoisotopic (exact) mass is 387 g/mol. The Morgan fingerprint density at radius 1 is 1.00 bits per heavy atom. The summed E-state index contributed by atoms with van der Waals surface area (Å²) < 4.78 is 2.60. The van der Waals surface area contributed by atoms with Crippen LogP contribution in [0.4, 0.5) is 5.69 Å². The van der Waals surface area contributed by atoms with Crippen LogP contribution in [-0.2, 0) is 11.3 Å². The largest absolute Gasteiger partial charge is 0.352 e. The van der Waals surface area contributed by atoms with Gasteiger partial charge in [0, 0.05) is 23.0 Å². The lowest BCUT2D eigenvalue weighted by Gasteiger charge is -2.07. The van der Waals surface area contributed by atoms with E-state index in [0.717, 1.165) is 22.4 Å². The lowest BCUT2D eigenvalue weighted by molar-refractivity contribution is -0.117. The standard InChI is InChI=1S/C22H21N5O2/c1-14-9-10-18(11-15(14)2)24-20(28)13-26-22(29)27-19(25-26)12-16(3)23-21(27)17-7-5-4-6-8-17/h4-12H,13H2,1-3H3,(H,24,28). The molecule has 0 atom stereocenters. The number of amides is 1. The summed E-state index contributed by atoms with van der Waals surface area (Å²) in [7, 11) is 0. The van der Waals surface area contributed by atoms with Crippen LogP contribution in [0, 0.1) is 20.8 Å². The molecule has 0 spiro atoms. The summed E-state index contributed by atoms with van der Waals surface area (Å²) in [6, 6.07) is 16.9. The highest BCUT2D eigenvalue weighted by Crippen LogP contribution is 2.18. The smallest absolute Gasteiger partial charge is 0.324 e. The zero-order valence-corrected chi connectivity index (χ0v) is 16.5. The van der Waals surface area contributed by atoms with Crippen LogP contribution in [0.15, 0.2) is 59.4 Å². The number of hydrogen-bond donors (Lipinski definition) is 1. The molecule has 0 aliphatic rings. The van der Waals surface area contributed by atoms with E-state index in [1.165, 1.54) is 9.08 Å². The van der Waals surface area contributed by atoms with Crippen molar-refractivity contribution in [3.05, 3.63) is 81.9 Å². The van der Waals surface area contributed by atoms with Crippen molar-refractivity contribution in [2.75, 3.05) is 5.32 Å². The van der Waals surface area contributed by atoms with E-state index in [2.05, 4.69) is 15.4 Å². The number of nitrogens with zero attached hydrogens (tertiary/aromatic N) is 4. The van der Waals surface area contributed by atoms with Crippen molar-refractivity contribution in [3.8, 4) is 11.4 Å². The van der Waals surface area contributed by atoms with Gasteiger partial charge in [-0.15, -0.1) is 5.10 Å². The number of anilines is 1. The minimum absolute atomic E-state index is 0.180. The molecule has 0 unspecified atom stereocenters. The molecule has 2 heterocycles. The van der Waals surface area contributed by atoms with Crippen molar-refractivity contribution in [2.45, 2.75) is 27.3 Å². The highest BCUT2D eigenvalue weighted by atomic mass is 16.2. The Kier molecular flexibility index (Phi) is 4.72. The van der Waals surface area contributed by atoms with E-state index in [-0.39, 0.29) is 12.5 Å². The minimum atomic E-state index is -0.401. The molecule has 0 fully saturated rings. The summed E-state index contributed by atoms with van der Waals surface area (Å²) in [4.78, 5) is 30.0. The average molecular weight is 387 g/mol. The molecular formula is C22H21N5O2. The number of fused-ring (bicyclic) bond motifs is 1. The molecule has 1 amide bonds. The molecule has 4 rings (SSSR count). The van der Waals surface area contributed by atoms with Gasteiger partial charge in [-0.1, -0.05) is 36.4 Å². The van der Waals surface area contributed by atoms with Crippen molar-refractivity contribution in [2.24, 2.45) is 0 Å². The Morgan fingerprint density at radius 2 is 1.76 bits per heavy atom. The van der Waals surface area contributed by atoms with E-state index in [1.54, 1.807) is 6.07 Å². The molecule has 4 aromatic rings. The fourth-order valence-electron chi connectivity index (χ4n) is 3.19. The van der Waals surface area contributed by atoms with Gasteiger partial charge in [-0.25, -0.2) is 18.9 Å². The van der Waals surface area contributed by atoms with Crippen LogP contribution in [0.2, 0.25) is 0 Å². The van der Waals surface area contributed by atoms with Crippen molar-refractivity contribution >= 4 is 17.2 Å². The van der Waals surface area contributed by atoms with Crippen LogP contribution < -0.4 is 11.0 Å². The first kappa shape index (κ1) is 18.6. The van der Waals surface area contributed by atoms with Crippen molar-refractivity contribution in [1.29, 1.82) is 0 Å². The lowest BCUT2D eigenvalue weighted by Crippen LogP contribution is -2.28. The number of carbonyl (C=O) groups excluding carboxylic acids is 1. The number of aryl methyl sites for hydroxylation is 3. The van der Waals surface area contributed by atoms with Gasteiger partial charge < -0.3 is 5.32 Å². The zero-order chi connectivity index (χ0) is 20.5. The minimum Gasteiger partial charge on any atom is -0.324 e. The van der Waals surface area contributed by atoms with Crippen molar-refractivity contribution in [1.82, 2.24) is 19.2 Å². The summed E-state index contributed by atoms with van der Waals surface area (Å²) in [5, 5.41) is 7.16. The molecule has 7 nitrogen and oxygen atoms in total. The SMILES string of the molecule is Cc1cc2nn(CC(=O)Nc3ccc(C)c(C)c3)c(=O)n2c(-c2ccccc2)n1. The third kappa shape index (κ3) is 3.67. The van der Waals surface area contributed by atoms with Gasteiger partial charge in [-0.05, 0) is 44.0 Å². The summed E-state index contributed by atoms with van der Waals surface area (Å²) >= 11 is 0. The highest BCUT2D eigenvalue weighted by molar-refractivity contribution is 5.90. The maximum Gasteiger partial charge on any atom is 0.352 e. The number of hydrogen-bond acceptors (Lipinski definition) is 4. The molecular weight excluding hydrogens is 366 g/mol. The molecule has 0 saturated heterocycles. The van der Waals surface area contributed by atoms with Crippen LogP contribution in [0.5, 0.6) is 0 Å². The number of rotatable bonds is 4. The summed E-state index contributed by atoms with van der Waals surface area (Å²) in [5.41, 5.74) is 4.53. The van der Waals surface area contributed by atoms with Crippen LogP contribution in [0.3, 0.4) is 0 Å². The Bertz CT molecular complexity index is 1270. The van der Waals surface area contributed by atoms with Crippen molar-refractivity contribution in [3.63, 3.8) is 0 Å². The fourth-order valence-corrected chi connectivity index (χ4v) is 3.19. The molecule has 2 aromatic carbocycles. The number of nitrogens with one attached hydrogen (secondary N) is 1. The first-order chi connectivity index (χ1) is 13.9. The molecule has 0 aliphatic heterocycles. The normalized spacial score (nSPS) is 11.0. The van der Waals surface area contributed by atoms with Crippen LogP contribution in [-0.4, -0.2) is 25.1 Å². The van der Waals surface area contributed by atoms with E-state index < -0.39 is 5.69 Å². The van der Waals surface area contributed by atoms with Gasteiger partial charge in [0.2, 0.25) is 5.91 Å². The van der Waals surface area contributed by atoms with Crippen molar-refractivity contribution < 1.29 is 4.79 Å². The van der Waals surface area contributed by atoms with Gasteiger partial charge in [0.1, 0.15) is 12.4 Å². The van der Waals surface area contributed by atoms with Gasteiger partial charge in [-0.3, -0.25) is 4.79 Å². The van der Waals surface area contributed by atoms with Gasteiger partial charge in [0.25, 0.3) is 0 Å². The van der Waals surface area contributed by atoms with Gasteiger partial charge in [-0.2, -0.15) is 0 Å². The average Bonchev–Trinajstić information content (AvgIpc) is 3.00. The topological polar surface area (TPSA) is 81.3 Å². The maximum atomic E-state index is 13.0. The summed E-state index contributed by atoms with van der Waals surface area (Å²) in [5.74, 6) is 0.191. The third-order valence-corrected chi connectivity index (χ3v) is 4.81. The second-order valence-electron chi connectivity index (χ2n) is 7.07. The first-order valence-corrected chi connectivity index (χ1v) is 9.32. The zero-order valence-electron chi connectivity index (χ0n) is 16.5. The Balaban J connectivity index is 1.68. The molecule has 146 valence electrons. The third-order valence-electron chi connectivity index (χ3n) is 4.81. The number of carbonyl (C=O) groups is 1. The molecule has 0 aliphatic carbocycles. The second kappa shape index (κ2) is 7.35. The maximum absolute atomic E-state index is 13.0. The molecule has 0 saturated carbocycles. The highest BCUT2D eigenvalue weighted by Gasteiger charge is 2.16. The van der Waals surface area contributed by atoms with Gasteiger partial charge in [0.15, 0.2) is 5.65 Å². The first-order valence-electron chi connectivity index (χ1n) is 9.32. The van der Waals surface area contributed by atoms with E-state index in [9.17, 15) is 9.59 Å². The Morgan fingerprint density at radius 3 is 2.48 bits per heavy atom. The molecule has 29 heavy (non-hydrogen) atoms. The number of aromatic nitrogens is 4. The summed E-state index contributed by atoms with van der Waals surface area (Å²) in [6.45, 7) is 5.67. The van der Waals surface area contributed by atoms with E-state index in [0.29, 0.717) is 17.2 Å². The fraction of sp³-hybridized carbons (Fsp3) is 0.182. The molecule has 1 N–H and O–H groups in total. The van der Waals surface area contributed by atoms with Crippen LogP contribution >= 0.6 is 0 Å². The van der Waals surface area contributed by atoms with Gasteiger partial charge in [0.05, 0.1) is 0 Å². The van der Waals surface area contributed by atoms with E-state index >= 15 is 0 Å². The van der Waals surface area contributed by atoms with Gasteiger partial charge >= 0.3 is 5.69 Å². The molecule has 0 bridgehead atoms. The van der Waals surface area contributed by atoms with E-state index in [4.69, 9.17) is 0 Å². The van der Waals surface area contributed by atoms with Crippen LogP contribution in [0.1, 0.15) is 16.8 Å². The quantitative estimate of drug-likeness (QED) is 0.583. The predicted octanol–water partition coefficient (Wildman–Crippen LogP) is 3.12.